The van der Waals surface area contributed by atoms with Crippen LogP contribution in [0.4, 0.5) is 0 Å². The Morgan fingerprint density at radius 2 is 0.532 bits per heavy atom. The predicted molar refractivity (Wildman–Crippen MR) is 514 cm³/mol. The molecule has 0 aliphatic heterocycles. The second kappa shape index (κ2) is 31.1. The maximum Gasteiger partial charge on any atom is 0.160 e. The number of aromatic nitrogens is 8. The third-order valence-electron chi connectivity index (χ3n) is 23.6. The molecule has 8 aromatic heterocycles. The molecule has 0 amide bonds. The second-order valence-corrected chi connectivity index (χ2v) is 32.3. The average molecular weight is 1600 g/mol. The van der Waals surface area contributed by atoms with Crippen molar-refractivity contribution in [2.75, 3.05) is 0 Å². The van der Waals surface area contributed by atoms with Gasteiger partial charge in [0.1, 0.15) is 11.2 Å². The summed E-state index contributed by atoms with van der Waals surface area (Å²) in [6.07, 6.45) is 0. The Bertz CT molecular complexity index is 7480. The Labute approximate surface area is 718 Å². The number of furan rings is 1. The van der Waals surface area contributed by atoms with Crippen molar-refractivity contribution in [3.05, 3.63) is 437 Å². The predicted octanol–water partition coefficient (Wildman–Crippen LogP) is 30.2. The molecule has 0 bridgehead atoms. The SMILES string of the molecule is c1ccc(-c2cc(-c3cc(-c4cc(-c5ccccc5)nc(-c5ccccc5)n4)ccc3-n3c4ccccc4c4cc5sc6ccccc6c5cc43)cc(-c3ccccc3)n2)cc1.c1ccc(-c2cc(-c3ccccc3)nc(-c3cc(-c4cc(-c5ccccc5)nc(-c5ccccc5)n4)ccc3-n3c4ccccc4c4cc5oc6ccccc6c5cc43)c2)cc1. The van der Waals surface area contributed by atoms with E-state index in [-0.39, 0.29) is 0 Å². The molecule has 0 N–H and O–H groups in total. The summed E-state index contributed by atoms with van der Waals surface area (Å²) < 4.78 is 13.9. The van der Waals surface area contributed by atoms with Crippen molar-refractivity contribution in [3.63, 3.8) is 0 Å². The molecule has 0 saturated heterocycles. The van der Waals surface area contributed by atoms with E-state index in [1.54, 1.807) is 0 Å². The van der Waals surface area contributed by atoms with Gasteiger partial charge in [0.2, 0.25) is 0 Å². The molecule has 0 aliphatic carbocycles. The van der Waals surface area contributed by atoms with Crippen LogP contribution in [0.15, 0.2) is 441 Å². The monoisotopic (exact) mass is 1600 g/mol. The van der Waals surface area contributed by atoms with E-state index in [4.69, 9.17) is 34.3 Å². The van der Waals surface area contributed by atoms with Crippen LogP contribution < -0.4 is 0 Å². The maximum atomic E-state index is 6.44. The van der Waals surface area contributed by atoms with Crippen LogP contribution in [0, 0.1) is 0 Å². The Hall–Kier alpha value is -16.4. The van der Waals surface area contributed by atoms with E-state index in [1.807, 2.05) is 90.2 Å². The molecule has 0 atom stereocenters. The molecule has 24 aromatic rings. The zero-order valence-electron chi connectivity index (χ0n) is 67.0. The molecular weight excluding hydrogens is 1530 g/mol. The van der Waals surface area contributed by atoms with Gasteiger partial charge in [-0.2, -0.15) is 0 Å². The molecule has 0 radical (unpaired) electrons. The number of para-hydroxylation sites is 3. The smallest absolute Gasteiger partial charge is 0.160 e. The molecule has 124 heavy (non-hydrogen) atoms. The zero-order valence-corrected chi connectivity index (χ0v) is 67.8. The van der Waals surface area contributed by atoms with Crippen LogP contribution in [0.1, 0.15) is 0 Å². The van der Waals surface area contributed by atoms with Crippen molar-refractivity contribution in [1.82, 2.24) is 39.0 Å². The Morgan fingerprint density at radius 1 is 0.177 bits per heavy atom. The fourth-order valence-electron chi connectivity index (χ4n) is 17.7. The van der Waals surface area contributed by atoms with Gasteiger partial charge in [-0.3, -0.25) is 0 Å². The Morgan fingerprint density at radius 3 is 1.02 bits per heavy atom. The first-order valence-electron chi connectivity index (χ1n) is 41.7. The van der Waals surface area contributed by atoms with E-state index in [0.29, 0.717) is 11.6 Å². The quantitative estimate of drug-likeness (QED) is 0.107. The summed E-state index contributed by atoms with van der Waals surface area (Å²) in [5, 5.41) is 9.43. The van der Waals surface area contributed by atoms with E-state index < -0.39 is 0 Å². The van der Waals surface area contributed by atoms with E-state index >= 15 is 0 Å². The molecule has 0 unspecified atom stereocenters. The number of fused-ring (bicyclic) bond motifs is 12. The summed E-state index contributed by atoms with van der Waals surface area (Å²) >= 11 is 1.86. The average Bonchev–Trinajstić information content (AvgIpc) is 1.55. The molecular formula is C114H72N8OS. The number of benzene rings is 16. The fourth-order valence-corrected chi connectivity index (χ4v) is 18.8. The summed E-state index contributed by atoms with van der Waals surface area (Å²) in [7, 11) is 0. The van der Waals surface area contributed by atoms with Crippen molar-refractivity contribution >= 4 is 97.1 Å². The number of hydrogen-bond donors (Lipinski definition) is 0. The molecule has 580 valence electrons. The number of hydrogen-bond acceptors (Lipinski definition) is 8. The van der Waals surface area contributed by atoms with Crippen molar-refractivity contribution in [2.45, 2.75) is 0 Å². The standard InChI is InChI=1S/C57H36N4O.C57H36N4S/c1-5-17-37(18-6-1)42-32-48(38-19-7-2-8-20-38)58-51(33-42)47-31-41(50-36-49(39-21-9-3-10-22-39)59-57(60-50)40-23-11-4-12-24-40)29-30-53(47)61-52-27-15-13-25-43(52)45-35-56-46(34-54(45)61)44-26-14-16-28-55(44)62-56;1-5-17-37(18-6-1)48-32-42(33-49(58-48)38-19-7-2-8-20-38)45-31-41(51-36-50(39-21-9-3-10-22-39)59-57(60-51)40-23-11-4-12-24-40)29-30-53(45)61-52-27-15-13-25-43(52)46-35-56-47(34-54(46)61)44-26-14-16-28-55(44)62-56/h2*1-36H. The number of pyridine rings is 2. The van der Waals surface area contributed by atoms with Crippen LogP contribution >= 0.6 is 11.3 Å². The van der Waals surface area contributed by atoms with Crippen molar-refractivity contribution in [2.24, 2.45) is 0 Å². The van der Waals surface area contributed by atoms with Gasteiger partial charge in [0.05, 0.1) is 79.0 Å². The minimum Gasteiger partial charge on any atom is -0.456 e. The first-order chi connectivity index (χ1) is 61.4. The van der Waals surface area contributed by atoms with Crippen LogP contribution in [0.25, 0.3) is 232 Å². The van der Waals surface area contributed by atoms with Crippen LogP contribution in [0.5, 0.6) is 0 Å². The van der Waals surface area contributed by atoms with E-state index in [9.17, 15) is 0 Å². The van der Waals surface area contributed by atoms with Crippen molar-refractivity contribution < 1.29 is 4.42 Å². The van der Waals surface area contributed by atoms with E-state index in [1.165, 1.54) is 30.9 Å². The largest absolute Gasteiger partial charge is 0.456 e. The van der Waals surface area contributed by atoms with Gasteiger partial charge in [-0.25, -0.2) is 29.9 Å². The van der Waals surface area contributed by atoms with Gasteiger partial charge >= 0.3 is 0 Å². The highest BCUT2D eigenvalue weighted by Gasteiger charge is 2.26. The summed E-state index contributed by atoms with van der Waals surface area (Å²) in [6, 6.07) is 154. The molecule has 0 spiro atoms. The molecule has 0 saturated carbocycles. The molecule has 9 nitrogen and oxygen atoms in total. The first-order valence-corrected chi connectivity index (χ1v) is 42.5. The zero-order chi connectivity index (χ0) is 82.0. The van der Waals surface area contributed by atoms with Gasteiger partial charge in [0, 0.05) is 114 Å². The van der Waals surface area contributed by atoms with Gasteiger partial charge in [-0.1, -0.05) is 328 Å². The summed E-state index contributed by atoms with van der Waals surface area (Å²) in [5.74, 6) is 1.35. The van der Waals surface area contributed by atoms with Crippen LogP contribution in [0.2, 0.25) is 0 Å². The van der Waals surface area contributed by atoms with Gasteiger partial charge in [0.25, 0.3) is 0 Å². The van der Waals surface area contributed by atoms with Gasteiger partial charge < -0.3 is 13.6 Å². The molecule has 8 heterocycles. The normalized spacial score (nSPS) is 11.5. The molecule has 0 fully saturated rings. The second-order valence-electron chi connectivity index (χ2n) is 31.2. The van der Waals surface area contributed by atoms with E-state index in [2.05, 4.69) is 367 Å². The lowest BCUT2D eigenvalue weighted by Crippen LogP contribution is -2.01. The topological polar surface area (TPSA) is 100 Å². The number of nitrogens with zero attached hydrogens (tertiary/aromatic N) is 8. The molecule has 0 aliphatic rings. The van der Waals surface area contributed by atoms with Gasteiger partial charge in [0.15, 0.2) is 11.6 Å². The number of thiophene rings is 1. The molecule has 16 aromatic carbocycles. The molecule has 24 rings (SSSR count). The van der Waals surface area contributed by atoms with E-state index in [0.717, 1.165) is 190 Å². The highest BCUT2D eigenvalue weighted by atomic mass is 32.1. The van der Waals surface area contributed by atoms with Gasteiger partial charge in [-0.05, 0) is 126 Å². The van der Waals surface area contributed by atoms with Crippen molar-refractivity contribution in [1.29, 1.82) is 0 Å². The first kappa shape index (κ1) is 72.8. The lowest BCUT2D eigenvalue weighted by molar-refractivity contribution is 0.669. The fraction of sp³-hybridized carbons (Fsp3) is 0. The summed E-state index contributed by atoms with van der Waals surface area (Å²) in [6.45, 7) is 0. The number of rotatable bonds is 14. The minimum atomic E-state index is 0.668. The third-order valence-corrected chi connectivity index (χ3v) is 24.8. The van der Waals surface area contributed by atoms with Crippen LogP contribution in [-0.2, 0) is 0 Å². The summed E-state index contributed by atoms with van der Waals surface area (Å²) in [4.78, 5) is 31.6. The Balaban J connectivity index is 0.000000143. The van der Waals surface area contributed by atoms with Crippen molar-refractivity contribution in [3.8, 4) is 146 Å². The van der Waals surface area contributed by atoms with Gasteiger partial charge in [-0.15, -0.1) is 11.3 Å². The lowest BCUT2D eigenvalue weighted by atomic mass is 9.95. The minimum absolute atomic E-state index is 0.668. The summed E-state index contributed by atoms with van der Waals surface area (Å²) in [5.41, 5.74) is 29.7. The highest BCUT2D eigenvalue weighted by molar-refractivity contribution is 7.25. The third kappa shape index (κ3) is 13.4. The van der Waals surface area contributed by atoms with Crippen LogP contribution in [-0.4, -0.2) is 39.0 Å². The highest BCUT2D eigenvalue weighted by Crippen LogP contribution is 2.47. The Kier molecular flexibility index (Phi) is 18.2. The molecule has 10 heteroatoms. The van der Waals surface area contributed by atoms with Crippen LogP contribution in [0.3, 0.4) is 0 Å². The maximum absolute atomic E-state index is 6.44. The lowest BCUT2D eigenvalue weighted by Gasteiger charge is -2.18.